The second-order valence-corrected chi connectivity index (χ2v) is 5.19. The van der Waals surface area contributed by atoms with Gasteiger partial charge in [0.2, 0.25) is 5.91 Å². The van der Waals surface area contributed by atoms with Crippen molar-refractivity contribution in [1.82, 2.24) is 4.98 Å². The van der Waals surface area contributed by atoms with Crippen molar-refractivity contribution in [3.8, 4) is 0 Å². The predicted octanol–water partition coefficient (Wildman–Crippen LogP) is 1.75. The van der Waals surface area contributed by atoms with Gasteiger partial charge in [0.05, 0.1) is 18.4 Å². The highest BCUT2D eigenvalue weighted by molar-refractivity contribution is 5.91. The number of aromatic nitrogens is 1. The van der Waals surface area contributed by atoms with Gasteiger partial charge in [0.25, 0.3) is 0 Å². The third-order valence-electron chi connectivity index (χ3n) is 3.69. The Bertz CT molecular complexity index is 422. The topological polar surface area (TPSA) is 71.2 Å². The van der Waals surface area contributed by atoms with Crippen molar-refractivity contribution in [3.05, 3.63) is 18.3 Å². The first-order valence-electron chi connectivity index (χ1n) is 6.86. The number of nitrogens with two attached hydrogens (primary N) is 1. The number of amides is 1. The minimum absolute atomic E-state index is 0.0242. The van der Waals surface area contributed by atoms with Crippen LogP contribution in [-0.2, 0) is 4.79 Å². The summed E-state index contributed by atoms with van der Waals surface area (Å²) in [6.07, 6.45) is 5.55. The van der Waals surface area contributed by atoms with E-state index >= 15 is 0 Å². The predicted molar refractivity (Wildman–Crippen MR) is 77.2 cm³/mol. The van der Waals surface area contributed by atoms with Crippen molar-refractivity contribution in [1.29, 1.82) is 0 Å². The maximum absolute atomic E-state index is 11.2. The molecule has 1 saturated heterocycles. The monoisotopic (exact) mass is 262 g/mol. The Morgan fingerprint density at radius 1 is 1.42 bits per heavy atom. The molecule has 1 aromatic heterocycles. The van der Waals surface area contributed by atoms with Gasteiger partial charge >= 0.3 is 0 Å². The highest BCUT2D eigenvalue weighted by Gasteiger charge is 2.24. The molecule has 0 radical (unpaired) electrons. The van der Waals surface area contributed by atoms with Gasteiger partial charge in [-0.15, -0.1) is 0 Å². The molecular weight excluding hydrogens is 240 g/mol. The smallest absolute Gasteiger partial charge is 0.239 e. The van der Waals surface area contributed by atoms with Crippen LogP contribution >= 0.6 is 0 Å². The fourth-order valence-electron chi connectivity index (χ4n) is 2.74. The Morgan fingerprint density at radius 3 is 2.63 bits per heavy atom. The first kappa shape index (κ1) is 13.8. The molecular formula is C14H22N4O. The normalized spacial score (nSPS) is 23.2. The molecule has 1 aromatic rings. The highest BCUT2D eigenvalue weighted by atomic mass is 16.1. The molecule has 19 heavy (non-hydrogen) atoms. The molecule has 5 heteroatoms. The van der Waals surface area contributed by atoms with Crippen molar-refractivity contribution < 1.29 is 4.79 Å². The first-order valence-corrected chi connectivity index (χ1v) is 6.86. The van der Waals surface area contributed by atoms with Crippen molar-refractivity contribution >= 4 is 17.4 Å². The summed E-state index contributed by atoms with van der Waals surface area (Å²) < 4.78 is 0. The molecule has 0 aromatic carbocycles. The minimum Gasteiger partial charge on any atom is -0.365 e. The average Bonchev–Trinajstić information content (AvgIpc) is 2.40. The molecule has 0 bridgehead atoms. The van der Waals surface area contributed by atoms with Crippen LogP contribution in [0.4, 0.5) is 11.5 Å². The number of piperidine rings is 1. The van der Waals surface area contributed by atoms with Crippen LogP contribution in [0.1, 0.15) is 33.1 Å². The summed E-state index contributed by atoms with van der Waals surface area (Å²) in [5.41, 5.74) is 6.37. The number of carbonyl (C=O) groups excluding carboxylic acids is 1. The number of nitrogens with one attached hydrogen (secondary N) is 1. The quantitative estimate of drug-likeness (QED) is 0.870. The van der Waals surface area contributed by atoms with Gasteiger partial charge in [-0.25, -0.2) is 4.98 Å². The Labute approximate surface area is 114 Å². The average molecular weight is 262 g/mol. The molecule has 0 aliphatic carbocycles. The van der Waals surface area contributed by atoms with Gasteiger partial charge < -0.3 is 16.0 Å². The van der Waals surface area contributed by atoms with Crippen molar-refractivity contribution in [3.63, 3.8) is 0 Å². The lowest BCUT2D eigenvalue weighted by atomic mass is 9.97. The molecule has 104 valence electrons. The number of pyridine rings is 1. The fourth-order valence-corrected chi connectivity index (χ4v) is 2.74. The largest absolute Gasteiger partial charge is 0.365 e. The van der Waals surface area contributed by atoms with E-state index in [9.17, 15) is 4.79 Å². The van der Waals surface area contributed by atoms with E-state index < -0.39 is 0 Å². The highest BCUT2D eigenvalue weighted by Crippen LogP contribution is 2.28. The summed E-state index contributed by atoms with van der Waals surface area (Å²) in [7, 11) is 0. The van der Waals surface area contributed by atoms with E-state index in [1.165, 1.54) is 19.3 Å². The van der Waals surface area contributed by atoms with E-state index in [0.717, 1.165) is 5.69 Å². The third-order valence-corrected chi connectivity index (χ3v) is 3.69. The lowest BCUT2D eigenvalue weighted by Gasteiger charge is -2.40. The molecule has 2 unspecified atom stereocenters. The third kappa shape index (κ3) is 3.23. The van der Waals surface area contributed by atoms with Crippen LogP contribution in [0.25, 0.3) is 0 Å². The SMILES string of the molecule is CC1CCCC(C)N1c1ccc(NC(=O)CN)nc1. The molecule has 2 heterocycles. The van der Waals surface area contributed by atoms with Gasteiger partial charge in [-0.1, -0.05) is 0 Å². The molecule has 1 aliphatic heterocycles. The van der Waals surface area contributed by atoms with Gasteiger partial charge in [-0.2, -0.15) is 0 Å². The van der Waals surface area contributed by atoms with Gasteiger partial charge in [-0.3, -0.25) is 4.79 Å². The number of nitrogens with zero attached hydrogens (tertiary/aromatic N) is 2. The summed E-state index contributed by atoms with van der Waals surface area (Å²) in [6, 6.07) is 4.92. The molecule has 3 N–H and O–H groups in total. The van der Waals surface area contributed by atoms with Gasteiger partial charge in [0.1, 0.15) is 5.82 Å². The Hall–Kier alpha value is -1.62. The summed E-state index contributed by atoms with van der Waals surface area (Å²) in [5.74, 6) is 0.330. The van der Waals surface area contributed by atoms with Crippen LogP contribution in [0, 0.1) is 0 Å². The lowest BCUT2D eigenvalue weighted by molar-refractivity contribution is -0.114. The zero-order chi connectivity index (χ0) is 13.8. The maximum atomic E-state index is 11.2. The fraction of sp³-hybridized carbons (Fsp3) is 0.571. The summed E-state index contributed by atoms with van der Waals surface area (Å²) in [5, 5.41) is 2.65. The second-order valence-electron chi connectivity index (χ2n) is 5.19. The van der Waals surface area contributed by atoms with Crippen LogP contribution in [0.2, 0.25) is 0 Å². The Balaban J connectivity index is 2.10. The zero-order valence-electron chi connectivity index (χ0n) is 11.6. The van der Waals surface area contributed by atoms with Gasteiger partial charge in [0, 0.05) is 12.1 Å². The van der Waals surface area contributed by atoms with Crippen LogP contribution in [-0.4, -0.2) is 29.5 Å². The number of hydrogen-bond acceptors (Lipinski definition) is 4. The molecule has 1 fully saturated rings. The van der Waals surface area contributed by atoms with E-state index in [-0.39, 0.29) is 12.5 Å². The molecule has 0 saturated carbocycles. The van der Waals surface area contributed by atoms with Crippen molar-refractivity contribution in [2.24, 2.45) is 5.73 Å². The van der Waals surface area contributed by atoms with Crippen LogP contribution in [0.15, 0.2) is 18.3 Å². The number of hydrogen-bond donors (Lipinski definition) is 2. The van der Waals surface area contributed by atoms with E-state index in [4.69, 9.17) is 5.73 Å². The molecule has 2 rings (SSSR count). The number of anilines is 2. The van der Waals surface area contributed by atoms with Crippen LogP contribution in [0.5, 0.6) is 0 Å². The number of rotatable bonds is 3. The second kappa shape index (κ2) is 6.02. The van der Waals surface area contributed by atoms with Crippen LogP contribution in [0.3, 0.4) is 0 Å². The van der Waals surface area contributed by atoms with Crippen molar-refractivity contribution in [2.45, 2.75) is 45.2 Å². The Kier molecular flexibility index (Phi) is 4.37. The van der Waals surface area contributed by atoms with E-state index in [1.807, 2.05) is 18.3 Å². The maximum Gasteiger partial charge on any atom is 0.239 e. The Morgan fingerprint density at radius 2 is 2.11 bits per heavy atom. The molecule has 1 aliphatic rings. The van der Waals surface area contributed by atoms with E-state index in [2.05, 4.69) is 29.0 Å². The van der Waals surface area contributed by atoms with Crippen molar-refractivity contribution in [2.75, 3.05) is 16.8 Å². The summed E-state index contributed by atoms with van der Waals surface area (Å²) >= 11 is 0. The molecule has 5 nitrogen and oxygen atoms in total. The summed E-state index contributed by atoms with van der Waals surface area (Å²) in [4.78, 5) is 17.9. The van der Waals surface area contributed by atoms with E-state index in [1.54, 1.807) is 0 Å². The van der Waals surface area contributed by atoms with E-state index in [0.29, 0.717) is 17.9 Å². The van der Waals surface area contributed by atoms with Gasteiger partial charge in [0.15, 0.2) is 0 Å². The molecule has 0 spiro atoms. The lowest BCUT2D eigenvalue weighted by Crippen LogP contribution is -2.43. The molecule has 2 atom stereocenters. The molecule has 1 amide bonds. The number of carbonyl (C=O) groups is 1. The summed E-state index contributed by atoms with van der Waals surface area (Å²) in [6.45, 7) is 4.48. The van der Waals surface area contributed by atoms with Gasteiger partial charge in [-0.05, 0) is 45.2 Å². The van der Waals surface area contributed by atoms with Crippen LogP contribution < -0.4 is 16.0 Å². The minimum atomic E-state index is -0.222. The first-order chi connectivity index (χ1) is 9.11. The zero-order valence-corrected chi connectivity index (χ0v) is 11.6. The standard InChI is InChI=1S/C14H22N4O/c1-10-4-3-5-11(2)18(10)12-6-7-13(16-9-12)17-14(19)8-15/h6-7,9-11H,3-5,8,15H2,1-2H3,(H,16,17,19).